The first-order valence-corrected chi connectivity index (χ1v) is 6.34. The molecule has 1 aromatic carbocycles. The molecule has 0 saturated carbocycles. The summed E-state index contributed by atoms with van der Waals surface area (Å²) >= 11 is 0. The zero-order valence-electron chi connectivity index (χ0n) is 11.7. The van der Waals surface area contributed by atoms with Gasteiger partial charge < -0.3 is 15.6 Å². The number of amides is 2. The molecule has 6 heteroatoms. The number of nitrogens with one attached hydrogen (secondary N) is 3. The number of aromatic amines is 1. The average Bonchev–Trinajstić information content (AvgIpc) is 2.42. The number of H-pyrrole nitrogens is 1. The van der Waals surface area contributed by atoms with Gasteiger partial charge in [0, 0.05) is 36.1 Å². The minimum absolute atomic E-state index is 0.184. The maximum absolute atomic E-state index is 12.0. The standard InChI is InChI=1S/C15H15N3O3/c1-9-3-4-12(8-13(9)17-10(2)19)18-15(21)11-5-6-16-14(20)7-11/h3-8H,1-2H3,(H,16,20)(H,17,19)(H,18,21). The van der Waals surface area contributed by atoms with E-state index in [1.54, 1.807) is 18.2 Å². The summed E-state index contributed by atoms with van der Waals surface area (Å²) in [6, 6.07) is 7.92. The van der Waals surface area contributed by atoms with Gasteiger partial charge in [0.15, 0.2) is 0 Å². The third kappa shape index (κ3) is 3.79. The minimum atomic E-state index is -0.390. The number of pyridine rings is 1. The topological polar surface area (TPSA) is 91.1 Å². The first kappa shape index (κ1) is 14.5. The Morgan fingerprint density at radius 2 is 1.86 bits per heavy atom. The Morgan fingerprint density at radius 3 is 2.52 bits per heavy atom. The van der Waals surface area contributed by atoms with E-state index in [1.165, 1.54) is 25.3 Å². The first-order chi connectivity index (χ1) is 9.95. The second-order valence-electron chi connectivity index (χ2n) is 4.61. The Bertz CT molecular complexity index is 750. The number of anilines is 2. The summed E-state index contributed by atoms with van der Waals surface area (Å²) in [5.41, 5.74) is 1.98. The molecule has 0 atom stereocenters. The molecule has 0 unspecified atom stereocenters. The van der Waals surface area contributed by atoms with E-state index in [1.807, 2.05) is 6.92 Å². The van der Waals surface area contributed by atoms with Crippen molar-refractivity contribution in [3.63, 3.8) is 0 Å². The van der Waals surface area contributed by atoms with Crippen molar-refractivity contribution in [3.05, 3.63) is 58.0 Å². The smallest absolute Gasteiger partial charge is 0.255 e. The number of carbonyl (C=O) groups excluding carboxylic acids is 2. The number of aromatic nitrogens is 1. The molecule has 21 heavy (non-hydrogen) atoms. The summed E-state index contributed by atoms with van der Waals surface area (Å²) in [4.78, 5) is 36.8. The fourth-order valence-corrected chi connectivity index (χ4v) is 1.81. The Balaban J connectivity index is 2.21. The molecule has 2 rings (SSSR count). The van der Waals surface area contributed by atoms with Gasteiger partial charge in [-0.05, 0) is 30.7 Å². The van der Waals surface area contributed by atoms with Gasteiger partial charge >= 0.3 is 0 Å². The van der Waals surface area contributed by atoms with Crippen molar-refractivity contribution < 1.29 is 9.59 Å². The maximum Gasteiger partial charge on any atom is 0.255 e. The van der Waals surface area contributed by atoms with E-state index in [-0.39, 0.29) is 17.0 Å². The predicted molar refractivity (Wildman–Crippen MR) is 80.5 cm³/mol. The lowest BCUT2D eigenvalue weighted by molar-refractivity contribution is -0.114. The summed E-state index contributed by atoms with van der Waals surface area (Å²) in [6.45, 7) is 3.27. The minimum Gasteiger partial charge on any atom is -0.329 e. The van der Waals surface area contributed by atoms with E-state index < -0.39 is 5.91 Å². The van der Waals surface area contributed by atoms with Crippen LogP contribution in [0, 0.1) is 6.92 Å². The van der Waals surface area contributed by atoms with Crippen molar-refractivity contribution in [1.29, 1.82) is 0 Å². The van der Waals surface area contributed by atoms with Crippen LogP contribution in [0.4, 0.5) is 11.4 Å². The van der Waals surface area contributed by atoms with Crippen LogP contribution in [-0.4, -0.2) is 16.8 Å². The predicted octanol–water partition coefficient (Wildman–Crippen LogP) is 1.89. The van der Waals surface area contributed by atoms with Crippen LogP contribution in [0.1, 0.15) is 22.8 Å². The zero-order valence-corrected chi connectivity index (χ0v) is 11.7. The number of carbonyl (C=O) groups is 2. The van der Waals surface area contributed by atoms with Crippen molar-refractivity contribution >= 4 is 23.2 Å². The van der Waals surface area contributed by atoms with Crippen LogP contribution in [0.5, 0.6) is 0 Å². The Kier molecular flexibility index (Phi) is 4.18. The fourth-order valence-electron chi connectivity index (χ4n) is 1.81. The van der Waals surface area contributed by atoms with Crippen molar-refractivity contribution in [2.45, 2.75) is 13.8 Å². The molecule has 0 aliphatic heterocycles. The lowest BCUT2D eigenvalue weighted by Gasteiger charge is -2.10. The molecule has 2 aromatic rings. The maximum atomic E-state index is 12.0. The third-order valence-corrected chi connectivity index (χ3v) is 2.84. The average molecular weight is 285 g/mol. The van der Waals surface area contributed by atoms with Crippen LogP contribution >= 0.6 is 0 Å². The van der Waals surface area contributed by atoms with Crippen LogP contribution in [0.2, 0.25) is 0 Å². The second-order valence-corrected chi connectivity index (χ2v) is 4.61. The van der Waals surface area contributed by atoms with Gasteiger partial charge in [0.1, 0.15) is 0 Å². The molecule has 0 fully saturated rings. The van der Waals surface area contributed by atoms with E-state index in [9.17, 15) is 14.4 Å². The van der Waals surface area contributed by atoms with Crippen molar-refractivity contribution in [2.75, 3.05) is 10.6 Å². The van der Waals surface area contributed by atoms with E-state index in [2.05, 4.69) is 15.6 Å². The summed E-state index contributed by atoms with van der Waals surface area (Å²) in [7, 11) is 0. The second kappa shape index (κ2) is 6.04. The van der Waals surface area contributed by atoms with E-state index >= 15 is 0 Å². The first-order valence-electron chi connectivity index (χ1n) is 6.34. The van der Waals surface area contributed by atoms with Crippen molar-refractivity contribution in [1.82, 2.24) is 4.98 Å². The van der Waals surface area contributed by atoms with Gasteiger partial charge in [-0.15, -0.1) is 0 Å². The summed E-state index contributed by atoms with van der Waals surface area (Å²) in [5, 5.41) is 5.37. The van der Waals surface area contributed by atoms with Crippen LogP contribution in [0.15, 0.2) is 41.3 Å². The summed E-state index contributed by atoms with van der Waals surface area (Å²) in [5.74, 6) is -0.574. The quantitative estimate of drug-likeness (QED) is 0.804. The van der Waals surface area contributed by atoms with E-state index in [0.29, 0.717) is 11.4 Å². The molecule has 2 amide bonds. The molecule has 108 valence electrons. The van der Waals surface area contributed by atoms with Gasteiger partial charge in [-0.2, -0.15) is 0 Å². The highest BCUT2D eigenvalue weighted by Crippen LogP contribution is 2.20. The number of hydrogen-bond donors (Lipinski definition) is 3. The number of rotatable bonds is 3. The lowest BCUT2D eigenvalue weighted by atomic mass is 10.1. The Hall–Kier alpha value is -2.89. The van der Waals surface area contributed by atoms with Gasteiger partial charge in [0.25, 0.3) is 5.91 Å². The van der Waals surface area contributed by atoms with Crippen LogP contribution < -0.4 is 16.2 Å². The SMILES string of the molecule is CC(=O)Nc1cc(NC(=O)c2cc[nH]c(=O)c2)ccc1C. The highest BCUT2D eigenvalue weighted by molar-refractivity contribution is 6.04. The monoisotopic (exact) mass is 285 g/mol. The number of hydrogen-bond acceptors (Lipinski definition) is 3. The molecule has 0 radical (unpaired) electrons. The van der Waals surface area contributed by atoms with Gasteiger partial charge in [-0.25, -0.2) is 0 Å². The molecule has 0 aliphatic carbocycles. The molecule has 0 aliphatic rings. The Morgan fingerprint density at radius 1 is 1.10 bits per heavy atom. The summed E-state index contributed by atoms with van der Waals surface area (Å²) in [6.07, 6.45) is 1.41. The van der Waals surface area contributed by atoms with E-state index in [0.717, 1.165) is 5.56 Å². The number of aryl methyl sites for hydroxylation is 1. The highest BCUT2D eigenvalue weighted by Gasteiger charge is 2.08. The van der Waals surface area contributed by atoms with Crippen LogP contribution in [-0.2, 0) is 4.79 Å². The van der Waals surface area contributed by atoms with Crippen molar-refractivity contribution in [2.24, 2.45) is 0 Å². The largest absolute Gasteiger partial charge is 0.329 e. The lowest BCUT2D eigenvalue weighted by Crippen LogP contribution is -2.16. The third-order valence-electron chi connectivity index (χ3n) is 2.84. The van der Waals surface area contributed by atoms with Gasteiger partial charge in [-0.3, -0.25) is 14.4 Å². The molecule has 0 spiro atoms. The molecular weight excluding hydrogens is 270 g/mol. The number of benzene rings is 1. The highest BCUT2D eigenvalue weighted by atomic mass is 16.2. The molecule has 1 heterocycles. The van der Waals surface area contributed by atoms with Gasteiger partial charge in [0.05, 0.1) is 0 Å². The van der Waals surface area contributed by atoms with Crippen LogP contribution in [0.25, 0.3) is 0 Å². The normalized spacial score (nSPS) is 10.0. The van der Waals surface area contributed by atoms with Gasteiger partial charge in [0.2, 0.25) is 11.5 Å². The molecule has 0 bridgehead atoms. The van der Waals surface area contributed by atoms with Gasteiger partial charge in [-0.1, -0.05) is 6.07 Å². The molecule has 0 saturated heterocycles. The van der Waals surface area contributed by atoms with Crippen molar-refractivity contribution in [3.8, 4) is 0 Å². The molecular formula is C15H15N3O3. The van der Waals surface area contributed by atoms with Crippen LogP contribution in [0.3, 0.4) is 0 Å². The molecule has 3 N–H and O–H groups in total. The molecule has 6 nitrogen and oxygen atoms in total. The zero-order chi connectivity index (χ0) is 15.4. The molecule has 1 aromatic heterocycles. The summed E-state index contributed by atoms with van der Waals surface area (Å²) < 4.78 is 0. The Labute approximate surface area is 121 Å². The fraction of sp³-hybridized carbons (Fsp3) is 0.133. The van der Waals surface area contributed by atoms with E-state index in [4.69, 9.17) is 0 Å².